The van der Waals surface area contributed by atoms with Gasteiger partial charge in [0.2, 0.25) is 12.1 Å². The van der Waals surface area contributed by atoms with Crippen molar-refractivity contribution in [1.29, 1.82) is 0 Å². The van der Waals surface area contributed by atoms with E-state index in [-0.39, 0.29) is 12.1 Å². The topological polar surface area (TPSA) is 30.2 Å². The fraction of sp³-hybridized carbons (Fsp3) is 0.765. The van der Waals surface area contributed by atoms with Crippen LogP contribution in [0.1, 0.15) is 50.6 Å². The molecule has 1 aromatic heterocycles. The summed E-state index contributed by atoms with van der Waals surface area (Å²) in [5, 5.41) is 0. The van der Waals surface area contributed by atoms with E-state index in [9.17, 15) is 4.79 Å². The van der Waals surface area contributed by atoms with Gasteiger partial charge in [-0.25, -0.2) is 4.79 Å². The molecule has 3 nitrogen and oxygen atoms in total. The molecule has 3 atom stereocenters. The summed E-state index contributed by atoms with van der Waals surface area (Å²) in [5.41, 5.74) is 3.17. The number of carbonyl (C=O) groups excluding carboxylic acids is 1. The molecule has 1 fully saturated rings. The van der Waals surface area contributed by atoms with Crippen molar-refractivity contribution in [1.82, 2.24) is 0 Å². The normalized spacial score (nSPS) is 26.1. The minimum Gasteiger partial charge on any atom is -0.457 e. The zero-order valence-electron chi connectivity index (χ0n) is 13.9. The van der Waals surface area contributed by atoms with Crippen LogP contribution in [0, 0.1) is 31.6 Å². The predicted molar refractivity (Wildman–Crippen MR) is 85.2 cm³/mol. The van der Waals surface area contributed by atoms with Gasteiger partial charge in [0, 0.05) is 6.92 Å². The molecule has 0 aliphatic heterocycles. The number of hydrogen-bond acceptors (Lipinski definition) is 3. The Morgan fingerprint density at radius 2 is 2.14 bits per heavy atom. The molecule has 2 rings (SSSR count). The minimum absolute atomic E-state index is 0.0920. The second-order valence-corrected chi connectivity index (χ2v) is 7.91. The van der Waals surface area contributed by atoms with Crippen LogP contribution in [-0.4, -0.2) is 12.1 Å². The van der Waals surface area contributed by atoms with Crippen LogP contribution in [0.4, 0.5) is 0 Å². The number of aromatic nitrogens is 1. The smallest absolute Gasteiger partial charge is 0.373 e. The van der Waals surface area contributed by atoms with E-state index < -0.39 is 0 Å². The van der Waals surface area contributed by atoms with Crippen molar-refractivity contribution in [3.05, 3.63) is 16.1 Å². The summed E-state index contributed by atoms with van der Waals surface area (Å²) >= 11 is 1.68. The number of carbonyl (C=O) groups is 1. The maximum absolute atomic E-state index is 12.3. The molecule has 0 N–H and O–H groups in total. The molecule has 0 spiro atoms. The lowest BCUT2D eigenvalue weighted by molar-refractivity contribution is -0.687. The lowest BCUT2D eigenvalue weighted by Gasteiger charge is -2.36. The molecule has 0 unspecified atom stereocenters. The summed E-state index contributed by atoms with van der Waals surface area (Å²) in [5.74, 6) is 1.66. The summed E-state index contributed by atoms with van der Waals surface area (Å²) in [6.07, 6.45) is 3.55. The third-order valence-electron chi connectivity index (χ3n) is 4.84. The van der Waals surface area contributed by atoms with Crippen LogP contribution in [0.3, 0.4) is 0 Å². The maximum Gasteiger partial charge on any atom is 0.373 e. The molecule has 118 valence electrons. The Labute approximate surface area is 132 Å². The second-order valence-electron chi connectivity index (χ2n) is 6.85. The Morgan fingerprint density at radius 3 is 2.71 bits per heavy atom. The average Bonchev–Trinajstić information content (AvgIpc) is 2.70. The van der Waals surface area contributed by atoms with Crippen molar-refractivity contribution in [2.75, 3.05) is 0 Å². The lowest BCUT2D eigenvalue weighted by atomic mass is 9.75. The van der Waals surface area contributed by atoms with E-state index >= 15 is 0 Å². The standard InChI is InChI=1S/C17H28NO2S/c1-11(2)15-7-6-12(3)8-16(15)20-17(19)9-18-10-21-14(5)13(18)4/h10-12,15-16H,6-9H2,1-5H3/q+1/t12-,15-,16-/m0/s1. The van der Waals surface area contributed by atoms with Gasteiger partial charge in [0.25, 0.3) is 0 Å². The van der Waals surface area contributed by atoms with Gasteiger partial charge in [-0.1, -0.05) is 38.5 Å². The summed E-state index contributed by atoms with van der Waals surface area (Å²) < 4.78 is 7.85. The van der Waals surface area contributed by atoms with E-state index in [1.807, 2.05) is 10.1 Å². The van der Waals surface area contributed by atoms with Crippen molar-refractivity contribution >= 4 is 17.3 Å². The van der Waals surface area contributed by atoms with Crippen LogP contribution < -0.4 is 4.57 Å². The average molecular weight is 310 g/mol. The molecular weight excluding hydrogens is 282 g/mol. The Morgan fingerprint density at radius 1 is 1.43 bits per heavy atom. The number of nitrogens with zero attached hydrogens (tertiary/aromatic N) is 1. The van der Waals surface area contributed by atoms with Gasteiger partial charge in [-0.2, -0.15) is 4.57 Å². The van der Waals surface area contributed by atoms with Crippen molar-refractivity contribution in [2.45, 2.75) is 66.5 Å². The monoisotopic (exact) mass is 310 g/mol. The zero-order chi connectivity index (χ0) is 15.6. The predicted octanol–water partition coefficient (Wildman–Crippen LogP) is 3.66. The summed E-state index contributed by atoms with van der Waals surface area (Å²) in [7, 11) is 0. The van der Waals surface area contributed by atoms with Crippen molar-refractivity contribution < 1.29 is 14.1 Å². The van der Waals surface area contributed by atoms with E-state index in [0.29, 0.717) is 24.3 Å². The molecule has 1 aromatic rings. The first-order chi connectivity index (χ1) is 9.88. The summed E-state index contributed by atoms with van der Waals surface area (Å²) in [6, 6.07) is 0. The minimum atomic E-state index is -0.0920. The molecule has 0 radical (unpaired) electrons. The van der Waals surface area contributed by atoms with Gasteiger partial charge < -0.3 is 4.74 Å². The molecule has 1 aliphatic rings. The molecule has 1 heterocycles. The molecule has 0 bridgehead atoms. The van der Waals surface area contributed by atoms with Crippen molar-refractivity contribution in [2.24, 2.45) is 17.8 Å². The molecule has 0 saturated heterocycles. The molecule has 21 heavy (non-hydrogen) atoms. The third kappa shape index (κ3) is 4.06. The van der Waals surface area contributed by atoms with Crippen LogP contribution in [-0.2, 0) is 16.1 Å². The molecule has 0 amide bonds. The van der Waals surface area contributed by atoms with E-state index in [1.54, 1.807) is 11.3 Å². The number of aryl methyl sites for hydroxylation is 1. The third-order valence-corrected chi connectivity index (χ3v) is 5.85. The van der Waals surface area contributed by atoms with E-state index in [0.717, 1.165) is 12.1 Å². The first-order valence-electron chi connectivity index (χ1n) is 8.02. The van der Waals surface area contributed by atoms with Gasteiger partial charge in [0.1, 0.15) is 6.10 Å². The van der Waals surface area contributed by atoms with Gasteiger partial charge in [0.05, 0.1) is 4.88 Å². The first kappa shape index (κ1) is 16.5. The molecule has 0 aromatic carbocycles. The Kier molecular flexibility index (Phi) is 5.42. The first-order valence-corrected chi connectivity index (χ1v) is 8.90. The highest BCUT2D eigenvalue weighted by Gasteiger charge is 2.34. The largest absolute Gasteiger partial charge is 0.457 e. The van der Waals surface area contributed by atoms with Gasteiger partial charge in [-0.15, -0.1) is 0 Å². The number of hydrogen-bond donors (Lipinski definition) is 0. The SMILES string of the molecule is Cc1sc[n+](CC(=O)O[C@H]2C[C@@H](C)CC[C@H]2C(C)C)c1C. The van der Waals surface area contributed by atoms with Crippen LogP contribution >= 0.6 is 11.3 Å². The number of esters is 1. The van der Waals surface area contributed by atoms with Crippen LogP contribution in [0.25, 0.3) is 0 Å². The Hall–Kier alpha value is -0.900. The quantitative estimate of drug-likeness (QED) is 0.627. The van der Waals surface area contributed by atoms with E-state index in [4.69, 9.17) is 4.74 Å². The highest BCUT2D eigenvalue weighted by atomic mass is 32.1. The molecular formula is C17H28NO2S+. The Bertz CT molecular complexity index is 495. The fourth-order valence-corrected chi connectivity index (χ4v) is 4.07. The number of ether oxygens (including phenoxy) is 1. The summed E-state index contributed by atoms with van der Waals surface area (Å²) in [6.45, 7) is 11.2. The van der Waals surface area contributed by atoms with Gasteiger partial charge >= 0.3 is 5.97 Å². The molecule has 1 saturated carbocycles. The van der Waals surface area contributed by atoms with Gasteiger partial charge in [-0.3, -0.25) is 0 Å². The van der Waals surface area contributed by atoms with Crippen molar-refractivity contribution in [3.63, 3.8) is 0 Å². The summed E-state index contributed by atoms with van der Waals surface area (Å²) in [4.78, 5) is 13.5. The second kappa shape index (κ2) is 6.91. The number of thiazole rings is 1. The Balaban J connectivity index is 1.98. The van der Waals surface area contributed by atoms with E-state index in [1.165, 1.54) is 17.7 Å². The maximum atomic E-state index is 12.3. The lowest BCUT2D eigenvalue weighted by Crippen LogP contribution is -2.43. The van der Waals surface area contributed by atoms with Gasteiger partial charge in [-0.05, 0) is 37.5 Å². The highest BCUT2D eigenvalue weighted by Crippen LogP contribution is 2.35. The highest BCUT2D eigenvalue weighted by molar-refractivity contribution is 7.09. The van der Waals surface area contributed by atoms with Crippen LogP contribution in [0.15, 0.2) is 5.51 Å². The number of rotatable bonds is 4. The fourth-order valence-electron chi connectivity index (χ4n) is 3.26. The van der Waals surface area contributed by atoms with Gasteiger partial charge in [0.15, 0.2) is 5.69 Å². The van der Waals surface area contributed by atoms with Crippen LogP contribution in [0.5, 0.6) is 0 Å². The zero-order valence-corrected chi connectivity index (χ0v) is 14.7. The van der Waals surface area contributed by atoms with E-state index in [2.05, 4.69) is 34.6 Å². The van der Waals surface area contributed by atoms with Crippen molar-refractivity contribution in [3.8, 4) is 0 Å². The van der Waals surface area contributed by atoms with Crippen LogP contribution in [0.2, 0.25) is 0 Å². The molecule has 1 aliphatic carbocycles. The molecule has 4 heteroatoms.